The minimum Gasteiger partial charge on any atom is -0.330 e. The standard InChI is InChI=1S/C16H19N3O2/c1-12-3-6-14(7-4-12)19(10-2-9-17)16(21)13-5-8-15(20)18-11-13/h3-8,11H,2,9-10,17H2,1H3,(H,18,20). The number of hydrogen-bond donors (Lipinski definition) is 2. The number of aromatic nitrogens is 1. The van der Waals surface area contributed by atoms with Crippen molar-refractivity contribution in [2.45, 2.75) is 13.3 Å². The summed E-state index contributed by atoms with van der Waals surface area (Å²) in [6.07, 6.45) is 2.15. The maximum absolute atomic E-state index is 12.6. The van der Waals surface area contributed by atoms with E-state index in [1.54, 1.807) is 4.90 Å². The number of anilines is 1. The van der Waals surface area contributed by atoms with Crippen LogP contribution in [0.3, 0.4) is 0 Å². The fourth-order valence-corrected chi connectivity index (χ4v) is 2.02. The van der Waals surface area contributed by atoms with Crippen molar-refractivity contribution in [1.29, 1.82) is 0 Å². The Bertz CT molecular complexity index is 641. The van der Waals surface area contributed by atoms with Gasteiger partial charge in [0, 0.05) is 24.5 Å². The zero-order valence-corrected chi connectivity index (χ0v) is 12.0. The molecule has 0 atom stereocenters. The lowest BCUT2D eigenvalue weighted by molar-refractivity contribution is 0.0986. The summed E-state index contributed by atoms with van der Waals surface area (Å²) in [5.41, 5.74) is 7.73. The molecule has 1 aromatic carbocycles. The molecule has 2 aromatic rings. The number of nitrogens with two attached hydrogens (primary N) is 1. The second-order valence-corrected chi connectivity index (χ2v) is 4.88. The van der Waals surface area contributed by atoms with Crippen LogP contribution in [0.15, 0.2) is 47.4 Å². The summed E-state index contributed by atoms with van der Waals surface area (Å²) < 4.78 is 0. The molecule has 0 aliphatic carbocycles. The number of amides is 1. The topological polar surface area (TPSA) is 79.2 Å². The fourth-order valence-electron chi connectivity index (χ4n) is 2.02. The molecule has 0 fully saturated rings. The first-order valence-electron chi connectivity index (χ1n) is 6.89. The Kier molecular flexibility index (Phi) is 4.90. The Morgan fingerprint density at radius 1 is 1.19 bits per heavy atom. The van der Waals surface area contributed by atoms with Crippen molar-refractivity contribution < 1.29 is 4.79 Å². The van der Waals surface area contributed by atoms with Crippen LogP contribution in [-0.4, -0.2) is 24.0 Å². The number of nitrogens with zero attached hydrogens (tertiary/aromatic N) is 1. The Morgan fingerprint density at radius 3 is 2.48 bits per heavy atom. The third kappa shape index (κ3) is 3.79. The highest BCUT2D eigenvalue weighted by molar-refractivity contribution is 6.05. The number of carbonyl (C=O) groups excluding carboxylic acids is 1. The number of aryl methyl sites for hydroxylation is 1. The molecule has 1 aromatic heterocycles. The Labute approximate surface area is 123 Å². The van der Waals surface area contributed by atoms with Gasteiger partial charge in [0.1, 0.15) is 0 Å². The molecule has 5 heteroatoms. The molecule has 0 spiro atoms. The summed E-state index contributed by atoms with van der Waals surface area (Å²) in [4.78, 5) is 27.9. The lowest BCUT2D eigenvalue weighted by Gasteiger charge is -2.23. The average molecular weight is 285 g/mol. The van der Waals surface area contributed by atoms with Crippen molar-refractivity contribution in [3.05, 3.63) is 64.1 Å². The van der Waals surface area contributed by atoms with E-state index >= 15 is 0 Å². The predicted octanol–water partition coefficient (Wildman–Crippen LogP) is 1.68. The third-order valence-corrected chi connectivity index (χ3v) is 3.21. The minimum atomic E-state index is -0.226. The number of H-pyrrole nitrogens is 1. The van der Waals surface area contributed by atoms with Crippen LogP contribution in [0.25, 0.3) is 0 Å². The zero-order valence-electron chi connectivity index (χ0n) is 12.0. The number of rotatable bonds is 5. The molecule has 3 N–H and O–H groups in total. The van der Waals surface area contributed by atoms with E-state index in [4.69, 9.17) is 5.73 Å². The summed E-state index contributed by atoms with van der Waals surface area (Å²) >= 11 is 0. The molecule has 21 heavy (non-hydrogen) atoms. The van der Waals surface area contributed by atoms with Crippen LogP contribution < -0.4 is 16.2 Å². The van der Waals surface area contributed by atoms with Gasteiger partial charge in [0.25, 0.3) is 5.91 Å². The molecule has 0 radical (unpaired) electrons. The molecule has 1 heterocycles. The van der Waals surface area contributed by atoms with Gasteiger partial charge in [-0.15, -0.1) is 0 Å². The monoisotopic (exact) mass is 285 g/mol. The molecule has 5 nitrogen and oxygen atoms in total. The van der Waals surface area contributed by atoms with Gasteiger partial charge in [0.2, 0.25) is 5.56 Å². The normalized spacial score (nSPS) is 10.4. The summed E-state index contributed by atoms with van der Waals surface area (Å²) in [6, 6.07) is 10.6. The van der Waals surface area contributed by atoms with Crippen LogP contribution in [0.2, 0.25) is 0 Å². The quantitative estimate of drug-likeness (QED) is 0.877. The highest BCUT2D eigenvalue weighted by Crippen LogP contribution is 2.18. The van der Waals surface area contributed by atoms with E-state index in [9.17, 15) is 9.59 Å². The lowest BCUT2D eigenvalue weighted by atomic mass is 10.1. The third-order valence-electron chi connectivity index (χ3n) is 3.21. The number of nitrogens with one attached hydrogen (secondary N) is 1. The van der Waals surface area contributed by atoms with Gasteiger partial charge in [-0.2, -0.15) is 0 Å². The summed E-state index contributed by atoms with van der Waals surface area (Å²) in [6.45, 7) is 3.05. The molecule has 0 unspecified atom stereocenters. The van der Waals surface area contributed by atoms with Crippen LogP contribution in [-0.2, 0) is 0 Å². The number of hydrogen-bond acceptors (Lipinski definition) is 3. The summed E-state index contributed by atoms with van der Waals surface area (Å²) in [5.74, 6) is -0.149. The van der Waals surface area contributed by atoms with Crippen LogP contribution in [0.5, 0.6) is 0 Å². The Morgan fingerprint density at radius 2 is 1.90 bits per heavy atom. The van der Waals surface area contributed by atoms with Gasteiger partial charge >= 0.3 is 0 Å². The average Bonchev–Trinajstić information content (AvgIpc) is 2.50. The van der Waals surface area contributed by atoms with Crippen molar-refractivity contribution in [2.24, 2.45) is 5.73 Å². The second kappa shape index (κ2) is 6.85. The van der Waals surface area contributed by atoms with Gasteiger partial charge in [0.15, 0.2) is 0 Å². The maximum atomic E-state index is 12.6. The molecular formula is C16H19N3O2. The van der Waals surface area contributed by atoms with E-state index in [1.807, 2.05) is 31.2 Å². The van der Waals surface area contributed by atoms with Crippen LogP contribution in [0.4, 0.5) is 5.69 Å². The van der Waals surface area contributed by atoms with Crippen molar-refractivity contribution in [3.8, 4) is 0 Å². The van der Waals surface area contributed by atoms with E-state index in [0.29, 0.717) is 25.1 Å². The van der Waals surface area contributed by atoms with E-state index in [1.165, 1.54) is 18.3 Å². The molecule has 0 aliphatic rings. The van der Waals surface area contributed by atoms with Gasteiger partial charge in [-0.05, 0) is 38.1 Å². The van der Waals surface area contributed by atoms with Gasteiger partial charge in [-0.1, -0.05) is 17.7 Å². The number of aromatic amines is 1. The van der Waals surface area contributed by atoms with Crippen molar-refractivity contribution >= 4 is 11.6 Å². The van der Waals surface area contributed by atoms with Gasteiger partial charge in [-0.3, -0.25) is 9.59 Å². The molecule has 0 saturated carbocycles. The first-order valence-corrected chi connectivity index (χ1v) is 6.89. The van der Waals surface area contributed by atoms with Crippen molar-refractivity contribution in [3.63, 3.8) is 0 Å². The van der Waals surface area contributed by atoms with Crippen molar-refractivity contribution in [2.75, 3.05) is 18.0 Å². The second-order valence-electron chi connectivity index (χ2n) is 4.88. The van der Waals surface area contributed by atoms with Gasteiger partial charge in [0.05, 0.1) is 5.56 Å². The van der Waals surface area contributed by atoms with E-state index in [-0.39, 0.29) is 11.5 Å². The molecule has 0 bridgehead atoms. The van der Waals surface area contributed by atoms with Gasteiger partial charge < -0.3 is 15.6 Å². The fraction of sp³-hybridized carbons (Fsp3) is 0.250. The SMILES string of the molecule is Cc1ccc(N(CCCN)C(=O)c2ccc(=O)[nH]c2)cc1. The number of benzene rings is 1. The first-order chi connectivity index (χ1) is 10.1. The molecular weight excluding hydrogens is 266 g/mol. The zero-order chi connectivity index (χ0) is 15.2. The predicted molar refractivity (Wildman–Crippen MR) is 83.6 cm³/mol. The minimum absolute atomic E-state index is 0.149. The van der Waals surface area contributed by atoms with Crippen LogP contribution >= 0.6 is 0 Å². The van der Waals surface area contributed by atoms with Crippen LogP contribution in [0, 0.1) is 6.92 Å². The largest absolute Gasteiger partial charge is 0.330 e. The molecule has 0 saturated heterocycles. The first kappa shape index (κ1) is 15.0. The molecule has 0 aliphatic heterocycles. The van der Waals surface area contributed by atoms with Gasteiger partial charge in [-0.25, -0.2) is 0 Å². The van der Waals surface area contributed by atoms with Crippen molar-refractivity contribution in [1.82, 2.24) is 4.98 Å². The molecule has 110 valence electrons. The summed E-state index contributed by atoms with van der Waals surface area (Å²) in [5, 5.41) is 0. The molecule has 2 rings (SSSR count). The van der Waals surface area contributed by atoms with E-state index in [0.717, 1.165) is 11.3 Å². The maximum Gasteiger partial charge on any atom is 0.259 e. The van der Waals surface area contributed by atoms with Crippen LogP contribution in [0.1, 0.15) is 22.3 Å². The van der Waals surface area contributed by atoms with E-state index in [2.05, 4.69) is 4.98 Å². The summed E-state index contributed by atoms with van der Waals surface area (Å²) in [7, 11) is 0. The Balaban J connectivity index is 2.30. The number of carbonyl (C=O) groups is 1. The van der Waals surface area contributed by atoms with E-state index < -0.39 is 0 Å². The highest BCUT2D eigenvalue weighted by atomic mass is 16.2. The Hall–Kier alpha value is -2.40. The highest BCUT2D eigenvalue weighted by Gasteiger charge is 2.17. The molecule has 1 amide bonds. The smallest absolute Gasteiger partial charge is 0.259 e. The lowest BCUT2D eigenvalue weighted by Crippen LogP contribution is -2.33. The number of pyridine rings is 1.